The summed E-state index contributed by atoms with van der Waals surface area (Å²) in [5, 5.41) is 0. The van der Waals surface area contributed by atoms with Gasteiger partial charge in [0, 0.05) is 18.3 Å². The number of nitrogens with two attached hydrogens (primary N) is 1. The first kappa shape index (κ1) is 10.8. The first-order valence-corrected chi connectivity index (χ1v) is 5.87. The zero-order chi connectivity index (χ0) is 12.5. The molecule has 0 bridgehead atoms. The summed E-state index contributed by atoms with van der Waals surface area (Å²) in [5.74, 6) is 0.927. The van der Waals surface area contributed by atoms with Gasteiger partial charge in [0.2, 0.25) is 0 Å². The number of nitrogens with zero attached hydrogens (tertiary/aromatic N) is 2. The summed E-state index contributed by atoms with van der Waals surface area (Å²) in [7, 11) is 0. The summed E-state index contributed by atoms with van der Waals surface area (Å²) in [6.45, 7) is 2.05. The Morgan fingerprint density at radius 3 is 2.67 bits per heavy atom. The maximum absolute atomic E-state index is 5.67. The Labute approximate surface area is 105 Å². The van der Waals surface area contributed by atoms with Gasteiger partial charge in [-0.3, -0.25) is 0 Å². The fourth-order valence-corrected chi connectivity index (χ4v) is 2.00. The van der Waals surface area contributed by atoms with Crippen molar-refractivity contribution in [2.75, 3.05) is 5.73 Å². The van der Waals surface area contributed by atoms with Crippen LogP contribution in [0, 0.1) is 6.92 Å². The highest BCUT2D eigenvalue weighted by atomic mass is 15.0. The summed E-state index contributed by atoms with van der Waals surface area (Å²) < 4.78 is 0. The third-order valence-electron chi connectivity index (χ3n) is 3.00. The van der Waals surface area contributed by atoms with Crippen LogP contribution in [0.25, 0.3) is 11.2 Å². The monoisotopic (exact) mass is 238 g/mol. The van der Waals surface area contributed by atoms with Crippen LogP contribution >= 0.6 is 0 Å². The molecule has 0 spiro atoms. The molecule has 2 aromatic heterocycles. The van der Waals surface area contributed by atoms with E-state index in [9.17, 15) is 0 Å². The third-order valence-corrected chi connectivity index (χ3v) is 3.00. The molecule has 0 atom stereocenters. The Kier molecular flexibility index (Phi) is 2.48. The van der Waals surface area contributed by atoms with Gasteiger partial charge < -0.3 is 10.7 Å². The Morgan fingerprint density at radius 2 is 1.94 bits per heavy atom. The quantitative estimate of drug-likeness (QED) is 0.674. The van der Waals surface area contributed by atoms with E-state index in [2.05, 4.69) is 21.9 Å². The van der Waals surface area contributed by atoms with Crippen LogP contribution in [0.4, 0.5) is 5.69 Å². The molecule has 3 N–H and O–H groups in total. The number of aromatic nitrogens is 3. The lowest BCUT2D eigenvalue weighted by Gasteiger charge is -1.98. The van der Waals surface area contributed by atoms with Gasteiger partial charge in [-0.2, -0.15) is 0 Å². The lowest BCUT2D eigenvalue weighted by Crippen LogP contribution is -1.91. The highest BCUT2D eigenvalue weighted by Gasteiger charge is 2.06. The van der Waals surface area contributed by atoms with Gasteiger partial charge in [0.15, 0.2) is 5.65 Å². The van der Waals surface area contributed by atoms with Crippen LogP contribution in [0.3, 0.4) is 0 Å². The number of imidazole rings is 1. The Hall–Kier alpha value is -2.36. The van der Waals surface area contributed by atoms with Crippen molar-refractivity contribution in [3.63, 3.8) is 0 Å². The van der Waals surface area contributed by atoms with E-state index in [-0.39, 0.29) is 0 Å². The van der Waals surface area contributed by atoms with E-state index in [0.29, 0.717) is 0 Å². The van der Waals surface area contributed by atoms with Crippen molar-refractivity contribution in [3.05, 3.63) is 53.5 Å². The normalized spacial score (nSPS) is 10.9. The number of anilines is 1. The summed E-state index contributed by atoms with van der Waals surface area (Å²) in [4.78, 5) is 12.1. The highest BCUT2D eigenvalue weighted by molar-refractivity contribution is 5.74. The molecular formula is C14H14N4. The van der Waals surface area contributed by atoms with Gasteiger partial charge in [0.25, 0.3) is 0 Å². The molecule has 0 saturated heterocycles. The molecule has 1 aromatic carbocycles. The molecular weight excluding hydrogens is 224 g/mol. The first-order valence-electron chi connectivity index (χ1n) is 5.87. The van der Waals surface area contributed by atoms with Crippen molar-refractivity contribution in [2.24, 2.45) is 0 Å². The standard InChI is InChI=1S/C14H14N4/c1-9-6-7-16-14-13(9)17-12(18-14)8-10-2-4-11(15)5-3-10/h2-7H,8,15H2,1H3,(H,16,17,18). The van der Waals surface area contributed by atoms with Gasteiger partial charge >= 0.3 is 0 Å². The van der Waals surface area contributed by atoms with Gasteiger partial charge in [-0.25, -0.2) is 9.97 Å². The zero-order valence-corrected chi connectivity index (χ0v) is 10.1. The minimum Gasteiger partial charge on any atom is -0.399 e. The van der Waals surface area contributed by atoms with Crippen molar-refractivity contribution in [3.8, 4) is 0 Å². The van der Waals surface area contributed by atoms with Crippen LogP contribution in [0.1, 0.15) is 17.0 Å². The van der Waals surface area contributed by atoms with E-state index in [1.807, 2.05) is 30.3 Å². The first-order chi connectivity index (χ1) is 8.72. The van der Waals surface area contributed by atoms with Gasteiger partial charge in [-0.15, -0.1) is 0 Å². The van der Waals surface area contributed by atoms with Gasteiger partial charge in [-0.1, -0.05) is 12.1 Å². The van der Waals surface area contributed by atoms with E-state index in [1.165, 1.54) is 5.56 Å². The average Bonchev–Trinajstić information content (AvgIpc) is 2.76. The fraction of sp³-hybridized carbons (Fsp3) is 0.143. The highest BCUT2D eigenvalue weighted by Crippen LogP contribution is 2.15. The number of aromatic amines is 1. The average molecular weight is 238 g/mol. The molecule has 90 valence electrons. The Morgan fingerprint density at radius 1 is 1.17 bits per heavy atom. The number of nitrogen functional groups attached to an aromatic ring is 1. The molecule has 18 heavy (non-hydrogen) atoms. The number of nitrogens with one attached hydrogen (secondary N) is 1. The molecule has 0 aliphatic rings. The molecule has 0 aliphatic heterocycles. The summed E-state index contributed by atoms with van der Waals surface area (Å²) in [5.41, 5.74) is 10.6. The van der Waals surface area contributed by atoms with Crippen molar-refractivity contribution in [1.29, 1.82) is 0 Å². The van der Waals surface area contributed by atoms with E-state index in [4.69, 9.17) is 5.73 Å². The van der Waals surface area contributed by atoms with Crippen molar-refractivity contribution < 1.29 is 0 Å². The minimum atomic E-state index is 0.760. The lowest BCUT2D eigenvalue weighted by atomic mass is 10.1. The van der Waals surface area contributed by atoms with Crippen LogP contribution < -0.4 is 5.73 Å². The molecule has 0 saturated carbocycles. The molecule has 0 radical (unpaired) electrons. The van der Waals surface area contributed by atoms with Gasteiger partial charge in [-0.05, 0) is 36.2 Å². The number of fused-ring (bicyclic) bond motifs is 1. The molecule has 3 aromatic rings. The Bertz CT molecular complexity index is 683. The SMILES string of the molecule is Cc1ccnc2nc(Cc3ccc(N)cc3)[nH]c12. The van der Waals surface area contributed by atoms with E-state index in [1.54, 1.807) is 6.20 Å². The van der Waals surface area contributed by atoms with Crippen LogP contribution in [0.15, 0.2) is 36.5 Å². The summed E-state index contributed by atoms with van der Waals surface area (Å²) >= 11 is 0. The minimum absolute atomic E-state index is 0.760. The molecule has 0 amide bonds. The van der Waals surface area contributed by atoms with Crippen molar-refractivity contribution in [1.82, 2.24) is 15.0 Å². The number of H-pyrrole nitrogens is 1. The second-order valence-corrected chi connectivity index (χ2v) is 4.43. The second-order valence-electron chi connectivity index (χ2n) is 4.43. The lowest BCUT2D eigenvalue weighted by molar-refractivity contribution is 1.03. The van der Waals surface area contributed by atoms with Crippen LogP contribution in [0.2, 0.25) is 0 Å². The number of rotatable bonds is 2. The molecule has 0 unspecified atom stereocenters. The van der Waals surface area contributed by atoms with Gasteiger partial charge in [0.05, 0.1) is 5.52 Å². The fourth-order valence-electron chi connectivity index (χ4n) is 2.00. The molecule has 2 heterocycles. The zero-order valence-electron chi connectivity index (χ0n) is 10.1. The predicted octanol–water partition coefficient (Wildman–Crippen LogP) is 2.44. The van der Waals surface area contributed by atoms with Gasteiger partial charge in [0.1, 0.15) is 5.82 Å². The molecule has 0 aliphatic carbocycles. The van der Waals surface area contributed by atoms with Crippen LogP contribution in [0.5, 0.6) is 0 Å². The molecule has 4 heteroatoms. The van der Waals surface area contributed by atoms with Crippen molar-refractivity contribution in [2.45, 2.75) is 13.3 Å². The Balaban J connectivity index is 1.95. The maximum atomic E-state index is 5.67. The smallest absolute Gasteiger partial charge is 0.177 e. The number of hydrogen-bond acceptors (Lipinski definition) is 3. The second kappa shape index (κ2) is 4.14. The van der Waals surface area contributed by atoms with E-state index >= 15 is 0 Å². The van der Waals surface area contributed by atoms with E-state index < -0.39 is 0 Å². The largest absolute Gasteiger partial charge is 0.399 e. The topological polar surface area (TPSA) is 67.6 Å². The third kappa shape index (κ3) is 1.93. The number of benzene rings is 1. The molecule has 4 nitrogen and oxygen atoms in total. The van der Waals surface area contributed by atoms with Crippen LogP contribution in [-0.4, -0.2) is 15.0 Å². The van der Waals surface area contributed by atoms with Crippen molar-refractivity contribution >= 4 is 16.9 Å². The summed E-state index contributed by atoms with van der Waals surface area (Å²) in [6.07, 6.45) is 2.54. The maximum Gasteiger partial charge on any atom is 0.177 e. The molecule has 0 fully saturated rings. The van der Waals surface area contributed by atoms with Crippen LogP contribution in [-0.2, 0) is 6.42 Å². The number of hydrogen-bond donors (Lipinski definition) is 2. The van der Waals surface area contributed by atoms with E-state index in [0.717, 1.165) is 34.7 Å². The number of pyridine rings is 1. The number of aryl methyl sites for hydroxylation is 1. The summed E-state index contributed by atoms with van der Waals surface area (Å²) in [6, 6.07) is 9.82. The molecule has 3 rings (SSSR count). The predicted molar refractivity (Wildman–Crippen MR) is 72.3 cm³/mol.